The number of aromatic nitrogens is 2. The number of nitrogens with zero attached hydrogens (tertiary/aromatic N) is 2. The quantitative estimate of drug-likeness (QED) is 0.746. The molecular weight excluding hydrogens is 380 g/mol. The molecule has 9 heteroatoms. The molecule has 0 saturated carbocycles. The van der Waals surface area contributed by atoms with Gasteiger partial charge in [0.25, 0.3) is 5.91 Å². The van der Waals surface area contributed by atoms with E-state index in [1.807, 2.05) is 6.92 Å². The van der Waals surface area contributed by atoms with Crippen molar-refractivity contribution < 1.29 is 19.1 Å². The van der Waals surface area contributed by atoms with Crippen LogP contribution < -0.4 is 10.6 Å². The number of fused-ring (bicyclic) bond motifs is 1. The minimum Gasteiger partial charge on any atom is -0.452 e. The number of aryl methyl sites for hydroxylation is 3. The summed E-state index contributed by atoms with van der Waals surface area (Å²) in [6.45, 7) is 4.64. The number of esters is 1. The Balaban J connectivity index is 1.71. The fourth-order valence-corrected chi connectivity index (χ4v) is 4.69. The average Bonchev–Trinajstić information content (AvgIpc) is 3.10. The number of ether oxygens (including phenoxy) is 1. The Bertz CT molecular complexity index is 944. The van der Waals surface area contributed by atoms with Gasteiger partial charge in [0, 0.05) is 18.8 Å². The molecule has 1 aliphatic rings. The minimum atomic E-state index is -0.585. The second-order valence-corrected chi connectivity index (χ2v) is 8.00. The Kier molecular flexibility index (Phi) is 5.83. The predicted molar refractivity (Wildman–Crippen MR) is 107 cm³/mol. The molecule has 3 rings (SSSR count). The van der Waals surface area contributed by atoms with Crippen LogP contribution in [0.2, 0.25) is 0 Å². The minimum absolute atomic E-state index is 0.243. The molecule has 28 heavy (non-hydrogen) atoms. The molecule has 0 spiro atoms. The molecule has 0 aliphatic heterocycles. The second kappa shape index (κ2) is 8.14. The third-order valence-electron chi connectivity index (χ3n) is 4.77. The molecule has 0 atom stereocenters. The summed E-state index contributed by atoms with van der Waals surface area (Å²) in [6, 6.07) is 0. The van der Waals surface area contributed by atoms with Crippen LogP contribution in [0.15, 0.2) is 0 Å². The molecule has 0 bridgehead atoms. The molecule has 0 fully saturated rings. The number of hydrogen-bond donors (Lipinski definition) is 2. The number of carbonyl (C=O) groups excluding carboxylic acids is 3. The summed E-state index contributed by atoms with van der Waals surface area (Å²) in [5.74, 6) is -1.26. The number of hydrogen-bond acceptors (Lipinski definition) is 6. The molecule has 8 nitrogen and oxygen atoms in total. The topological polar surface area (TPSA) is 102 Å². The van der Waals surface area contributed by atoms with Crippen LogP contribution >= 0.6 is 11.3 Å². The largest absolute Gasteiger partial charge is 0.452 e. The Morgan fingerprint density at radius 1 is 1.18 bits per heavy atom. The van der Waals surface area contributed by atoms with Crippen molar-refractivity contribution in [1.82, 2.24) is 9.78 Å². The monoisotopic (exact) mass is 404 g/mol. The number of rotatable bonds is 5. The van der Waals surface area contributed by atoms with Crippen LogP contribution in [0.3, 0.4) is 0 Å². The highest BCUT2D eigenvalue weighted by molar-refractivity contribution is 7.17. The maximum Gasteiger partial charge on any atom is 0.341 e. The smallest absolute Gasteiger partial charge is 0.341 e. The zero-order valence-corrected chi connectivity index (χ0v) is 17.3. The van der Waals surface area contributed by atoms with Gasteiger partial charge in [0.1, 0.15) is 5.00 Å². The lowest BCUT2D eigenvalue weighted by Crippen LogP contribution is -2.22. The number of nitrogens with one attached hydrogen (secondary N) is 2. The van der Waals surface area contributed by atoms with Crippen molar-refractivity contribution in [1.29, 1.82) is 0 Å². The van der Waals surface area contributed by atoms with E-state index < -0.39 is 18.5 Å². The van der Waals surface area contributed by atoms with Gasteiger partial charge in [0.2, 0.25) is 5.91 Å². The SMILES string of the molecule is CC(=O)Nc1sc2c(c1C(=O)OCC(=O)Nc1c(C)nn(C)c1C)CCCC2. The van der Waals surface area contributed by atoms with E-state index in [9.17, 15) is 14.4 Å². The Hall–Kier alpha value is -2.68. The van der Waals surface area contributed by atoms with Crippen LogP contribution in [-0.4, -0.2) is 34.2 Å². The molecule has 2 N–H and O–H groups in total. The normalized spacial score (nSPS) is 13.0. The molecule has 0 radical (unpaired) electrons. The first kappa shape index (κ1) is 20.1. The summed E-state index contributed by atoms with van der Waals surface area (Å²) in [6.07, 6.45) is 3.72. The van der Waals surface area contributed by atoms with Crippen molar-refractivity contribution in [3.05, 3.63) is 27.4 Å². The van der Waals surface area contributed by atoms with Gasteiger partial charge in [-0.2, -0.15) is 5.10 Å². The van der Waals surface area contributed by atoms with Crippen LogP contribution in [0.4, 0.5) is 10.7 Å². The van der Waals surface area contributed by atoms with Crippen LogP contribution in [0.5, 0.6) is 0 Å². The molecule has 2 amide bonds. The lowest BCUT2D eigenvalue weighted by molar-refractivity contribution is -0.119. The lowest BCUT2D eigenvalue weighted by Gasteiger charge is -2.13. The highest BCUT2D eigenvalue weighted by Gasteiger charge is 2.27. The van der Waals surface area contributed by atoms with E-state index in [2.05, 4.69) is 15.7 Å². The van der Waals surface area contributed by atoms with Crippen molar-refractivity contribution in [3.63, 3.8) is 0 Å². The van der Waals surface area contributed by atoms with E-state index in [-0.39, 0.29) is 5.91 Å². The summed E-state index contributed by atoms with van der Waals surface area (Å²) >= 11 is 1.42. The highest BCUT2D eigenvalue weighted by atomic mass is 32.1. The van der Waals surface area contributed by atoms with Crippen LogP contribution in [0, 0.1) is 13.8 Å². The van der Waals surface area contributed by atoms with Gasteiger partial charge in [0.15, 0.2) is 6.61 Å². The van der Waals surface area contributed by atoms with E-state index in [1.54, 1.807) is 18.7 Å². The van der Waals surface area contributed by atoms with Crippen molar-refractivity contribution in [2.24, 2.45) is 7.05 Å². The van der Waals surface area contributed by atoms with E-state index in [0.717, 1.165) is 41.8 Å². The fraction of sp³-hybridized carbons (Fsp3) is 0.474. The van der Waals surface area contributed by atoms with Gasteiger partial charge in [-0.05, 0) is 45.1 Å². The lowest BCUT2D eigenvalue weighted by atomic mass is 9.95. The summed E-state index contributed by atoms with van der Waals surface area (Å²) in [4.78, 5) is 37.6. The van der Waals surface area contributed by atoms with Crippen LogP contribution in [0.25, 0.3) is 0 Å². The fourth-order valence-electron chi connectivity index (χ4n) is 3.36. The molecular formula is C19H24N4O4S. The van der Waals surface area contributed by atoms with E-state index in [4.69, 9.17) is 4.74 Å². The molecule has 2 aromatic heterocycles. The Morgan fingerprint density at radius 2 is 1.89 bits per heavy atom. The van der Waals surface area contributed by atoms with Gasteiger partial charge in [-0.3, -0.25) is 14.3 Å². The standard InChI is InChI=1S/C19H24N4O4S/c1-10-17(11(2)23(4)22-10)21-15(25)9-27-19(26)16-13-7-5-6-8-14(13)28-18(16)20-12(3)24/h5-9H2,1-4H3,(H,20,24)(H,21,25). The van der Waals surface area contributed by atoms with Gasteiger partial charge in [-0.25, -0.2) is 4.79 Å². The van der Waals surface area contributed by atoms with E-state index in [1.165, 1.54) is 18.3 Å². The molecule has 2 aromatic rings. The molecule has 0 saturated heterocycles. The van der Waals surface area contributed by atoms with Gasteiger partial charge in [0.05, 0.1) is 22.6 Å². The van der Waals surface area contributed by atoms with Crippen molar-refractivity contribution in [2.75, 3.05) is 17.2 Å². The second-order valence-electron chi connectivity index (χ2n) is 6.89. The zero-order chi connectivity index (χ0) is 20.4. The van der Waals surface area contributed by atoms with Gasteiger partial charge >= 0.3 is 5.97 Å². The van der Waals surface area contributed by atoms with Crippen LogP contribution in [0.1, 0.15) is 52.0 Å². The Morgan fingerprint density at radius 3 is 2.54 bits per heavy atom. The number of anilines is 2. The van der Waals surface area contributed by atoms with Crippen molar-refractivity contribution in [2.45, 2.75) is 46.5 Å². The van der Waals surface area contributed by atoms with E-state index >= 15 is 0 Å². The van der Waals surface area contributed by atoms with Crippen molar-refractivity contribution >= 4 is 39.8 Å². The maximum atomic E-state index is 12.7. The third kappa shape index (κ3) is 4.09. The number of amides is 2. The first-order valence-corrected chi connectivity index (χ1v) is 9.99. The summed E-state index contributed by atoms with van der Waals surface area (Å²) < 4.78 is 6.95. The summed E-state index contributed by atoms with van der Waals surface area (Å²) in [5, 5.41) is 10.2. The highest BCUT2D eigenvalue weighted by Crippen LogP contribution is 2.38. The van der Waals surface area contributed by atoms with Gasteiger partial charge in [-0.15, -0.1) is 11.3 Å². The first-order chi connectivity index (χ1) is 13.3. The van der Waals surface area contributed by atoms with Gasteiger partial charge in [-0.1, -0.05) is 0 Å². The first-order valence-electron chi connectivity index (χ1n) is 9.17. The van der Waals surface area contributed by atoms with E-state index in [0.29, 0.717) is 21.9 Å². The van der Waals surface area contributed by atoms with Crippen molar-refractivity contribution in [3.8, 4) is 0 Å². The summed E-state index contributed by atoms with van der Waals surface area (Å²) in [7, 11) is 1.79. The number of thiophene rings is 1. The Labute approximate surface area is 167 Å². The van der Waals surface area contributed by atoms with Gasteiger partial charge < -0.3 is 15.4 Å². The third-order valence-corrected chi connectivity index (χ3v) is 5.98. The molecule has 1 aliphatic carbocycles. The maximum absolute atomic E-state index is 12.7. The predicted octanol–water partition coefficient (Wildman–Crippen LogP) is 2.73. The molecule has 2 heterocycles. The van der Waals surface area contributed by atoms with Crippen LogP contribution in [-0.2, 0) is 34.2 Å². The zero-order valence-electron chi connectivity index (χ0n) is 16.5. The molecule has 0 aromatic carbocycles. The summed E-state index contributed by atoms with van der Waals surface area (Å²) in [5.41, 5.74) is 3.45. The number of carbonyl (C=O) groups is 3. The molecule has 150 valence electrons. The average molecular weight is 404 g/mol. The molecule has 0 unspecified atom stereocenters.